The quantitative estimate of drug-likeness (QED) is 0.377. The molecule has 2 N–H and O–H groups in total. The first kappa shape index (κ1) is 24.6. The van der Waals surface area contributed by atoms with E-state index in [-0.39, 0.29) is 28.5 Å². The van der Waals surface area contributed by atoms with E-state index < -0.39 is 0 Å². The molecule has 0 atom stereocenters. The van der Waals surface area contributed by atoms with Crippen LogP contribution in [0.25, 0.3) is 11.1 Å². The van der Waals surface area contributed by atoms with Gasteiger partial charge in [0.1, 0.15) is 28.5 Å². The number of hydrogen-bond acceptors (Lipinski definition) is 8. The molecule has 0 amide bonds. The number of rotatable bonds is 7. The molecule has 8 heteroatoms. The van der Waals surface area contributed by atoms with Gasteiger partial charge in [-0.15, -0.1) is 0 Å². The average Bonchev–Trinajstić information content (AvgIpc) is 2.83. The summed E-state index contributed by atoms with van der Waals surface area (Å²) in [4.78, 5) is 17.3. The lowest BCUT2D eigenvalue weighted by Crippen LogP contribution is -2.08. The summed E-state index contributed by atoms with van der Waals surface area (Å²) in [5, 5.41) is 20.0. The Morgan fingerprint density at radius 2 is 1.62 bits per heavy atom. The Labute approximate surface area is 203 Å². The number of thioether (sulfide) groups is 1. The van der Waals surface area contributed by atoms with Crippen LogP contribution in [0.15, 0.2) is 35.4 Å². The number of pyridine rings is 1. The fourth-order valence-electron chi connectivity index (χ4n) is 3.66. The predicted molar refractivity (Wildman–Crippen MR) is 132 cm³/mol. The van der Waals surface area contributed by atoms with Gasteiger partial charge in [0.2, 0.25) is 0 Å². The summed E-state index contributed by atoms with van der Waals surface area (Å²) >= 11 is 1.12. The fraction of sp³-hybridized carbons (Fsp3) is 0.231. The maximum atomic E-state index is 13.0. The van der Waals surface area contributed by atoms with Gasteiger partial charge in [-0.25, -0.2) is 4.98 Å². The molecular formula is C26H24N4O3S. The Morgan fingerprint density at radius 1 is 0.971 bits per heavy atom. The second-order valence-electron chi connectivity index (χ2n) is 7.68. The smallest absolute Gasteiger partial charge is 0.173 e. The van der Waals surface area contributed by atoms with Crippen LogP contribution in [0, 0.1) is 43.4 Å². The minimum absolute atomic E-state index is 0.0106. The molecule has 1 heterocycles. The highest BCUT2D eigenvalue weighted by Crippen LogP contribution is 2.39. The molecular weight excluding hydrogens is 448 g/mol. The largest absolute Gasteiger partial charge is 0.493 e. The van der Waals surface area contributed by atoms with Crippen LogP contribution in [-0.4, -0.2) is 30.7 Å². The zero-order valence-electron chi connectivity index (χ0n) is 19.6. The molecule has 0 aliphatic heterocycles. The van der Waals surface area contributed by atoms with Gasteiger partial charge in [-0.1, -0.05) is 23.9 Å². The van der Waals surface area contributed by atoms with E-state index in [9.17, 15) is 15.3 Å². The first-order chi connectivity index (χ1) is 16.2. The number of nitrogens with two attached hydrogens (primary N) is 1. The molecule has 0 bridgehead atoms. The molecule has 0 saturated carbocycles. The molecule has 0 aliphatic carbocycles. The van der Waals surface area contributed by atoms with Crippen LogP contribution < -0.4 is 15.2 Å². The number of nitrogen functional groups attached to an aromatic ring is 1. The minimum Gasteiger partial charge on any atom is -0.493 e. The van der Waals surface area contributed by atoms with Crippen molar-refractivity contribution < 1.29 is 14.3 Å². The van der Waals surface area contributed by atoms with Gasteiger partial charge in [-0.2, -0.15) is 10.5 Å². The van der Waals surface area contributed by atoms with Crippen molar-refractivity contribution in [3.05, 3.63) is 63.7 Å². The Hall–Kier alpha value is -4.01. The standard InChI is InChI=1S/C26H24N4O3S/c1-14-8-16(3)18(9-15(14)2)21(31)13-34-26-20(12-28)24(19(11-27)25(29)30-26)17-6-7-22(32-4)23(10-17)33-5/h6-10H,13H2,1-5H3,(H2,29,30). The number of nitrogens with zero attached hydrogens (tertiary/aromatic N) is 3. The van der Waals surface area contributed by atoms with Crippen LogP contribution in [0.5, 0.6) is 11.5 Å². The molecule has 0 spiro atoms. The van der Waals surface area contributed by atoms with E-state index >= 15 is 0 Å². The van der Waals surface area contributed by atoms with Crippen LogP contribution in [0.1, 0.15) is 38.2 Å². The van der Waals surface area contributed by atoms with Gasteiger partial charge in [-0.05, 0) is 61.2 Å². The number of aryl methyl sites for hydroxylation is 3. The van der Waals surface area contributed by atoms with Gasteiger partial charge >= 0.3 is 0 Å². The molecule has 7 nitrogen and oxygen atoms in total. The van der Waals surface area contributed by atoms with Crippen molar-refractivity contribution >= 4 is 23.4 Å². The molecule has 0 saturated heterocycles. The van der Waals surface area contributed by atoms with E-state index in [1.807, 2.05) is 32.9 Å². The Bertz CT molecular complexity index is 1370. The number of ketones is 1. The van der Waals surface area contributed by atoms with Gasteiger partial charge < -0.3 is 15.2 Å². The minimum atomic E-state index is -0.0770. The molecule has 34 heavy (non-hydrogen) atoms. The van der Waals surface area contributed by atoms with Crippen molar-refractivity contribution in [1.29, 1.82) is 10.5 Å². The summed E-state index contributed by atoms with van der Waals surface area (Å²) < 4.78 is 10.7. The summed E-state index contributed by atoms with van der Waals surface area (Å²) in [6.45, 7) is 5.87. The third kappa shape index (κ3) is 4.68. The first-order valence-corrected chi connectivity index (χ1v) is 11.3. The van der Waals surface area contributed by atoms with Gasteiger partial charge in [0.05, 0.1) is 25.5 Å². The fourth-order valence-corrected chi connectivity index (χ4v) is 4.53. The SMILES string of the molecule is COc1ccc(-c2c(C#N)c(N)nc(SCC(=O)c3cc(C)c(C)cc3C)c2C#N)cc1OC. The molecule has 1 aromatic heterocycles. The molecule has 2 aromatic carbocycles. The number of anilines is 1. The Kier molecular flexibility index (Phi) is 7.45. The lowest BCUT2D eigenvalue weighted by molar-refractivity contribution is 0.102. The lowest BCUT2D eigenvalue weighted by atomic mass is 9.96. The number of ether oxygens (including phenoxy) is 2. The summed E-state index contributed by atoms with van der Waals surface area (Å²) in [7, 11) is 3.02. The van der Waals surface area contributed by atoms with E-state index in [1.165, 1.54) is 14.2 Å². The van der Waals surface area contributed by atoms with Gasteiger partial charge in [-0.3, -0.25) is 4.79 Å². The summed E-state index contributed by atoms with van der Waals surface area (Å²) in [5.41, 5.74) is 10.9. The van der Waals surface area contributed by atoms with Gasteiger partial charge in [0, 0.05) is 11.1 Å². The van der Waals surface area contributed by atoms with Gasteiger partial charge in [0.25, 0.3) is 0 Å². The number of benzene rings is 2. The second kappa shape index (κ2) is 10.3. The lowest BCUT2D eigenvalue weighted by Gasteiger charge is -2.15. The van der Waals surface area contributed by atoms with Gasteiger partial charge in [0.15, 0.2) is 17.3 Å². The van der Waals surface area contributed by atoms with Crippen LogP contribution >= 0.6 is 11.8 Å². The number of nitriles is 2. The summed E-state index contributed by atoms with van der Waals surface area (Å²) in [6.07, 6.45) is 0. The number of methoxy groups -OCH3 is 2. The topological polar surface area (TPSA) is 122 Å². The molecule has 3 rings (SSSR count). The average molecular weight is 473 g/mol. The molecule has 0 fully saturated rings. The third-order valence-electron chi connectivity index (χ3n) is 5.57. The maximum absolute atomic E-state index is 13.0. The zero-order valence-corrected chi connectivity index (χ0v) is 20.5. The van der Waals surface area contributed by atoms with Crippen molar-refractivity contribution in [2.75, 3.05) is 25.7 Å². The van der Waals surface area contributed by atoms with Crippen LogP contribution in [-0.2, 0) is 0 Å². The zero-order chi connectivity index (χ0) is 25.0. The van der Waals surface area contributed by atoms with E-state index in [0.717, 1.165) is 28.5 Å². The summed E-state index contributed by atoms with van der Waals surface area (Å²) in [6, 6.07) is 13.2. The molecule has 0 radical (unpaired) electrons. The number of aromatic nitrogens is 1. The normalized spacial score (nSPS) is 10.3. The number of Topliss-reactive ketones (excluding diaryl/α,β-unsaturated/α-hetero) is 1. The second-order valence-corrected chi connectivity index (χ2v) is 8.65. The van der Waals surface area contributed by atoms with E-state index in [0.29, 0.717) is 33.2 Å². The van der Waals surface area contributed by atoms with Crippen molar-refractivity contribution in [1.82, 2.24) is 4.98 Å². The van der Waals surface area contributed by atoms with E-state index in [4.69, 9.17) is 15.2 Å². The maximum Gasteiger partial charge on any atom is 0.173 e. The number of carbonyl (C=O) groups is 1. The Morgan fingerprint density at radius 3 is 2.24 bits per heavy atom. The van der Waals surface area contributed by atoms with Crippen LogP contribution in [0.3, 0.4) is 0 Å². The molecule has 172 valence electrons. The van der Waals surface area contributed by atoms with Crippen LogP contribution in [0.4, 0.5) is 5.82 Å². The number of hydrogen-bond donors (Lipinski definition) is 1. The third-order valence-corrected chi connectivity index (χ3v) is 6.54. The molecule has 3 aromatic rings. The highest BCUT2D eigenvalue weighted by Gasteiger charge is 2.23. The molecule has 0 unspecified atom stereocenters. The highest BCUT2D eigenvalue weighted by atomic mass is 32.2. The van der Waals surface area contributed by atoms with Crippen molar-refractivity contribution in [2.45, 2.75) is 25.8 Å². The Balaban J connectivity index is 2.06. The predicted octanol–water partition coefficient (Wildman–Crippen LogP) is 4.99. The van der Waals surface area contributed by atoms with Crippen molar-refractivity contribution in [3.8, 4) is 34.8 Å². The van der Waals surface area contributed by atoms with E-state index in [1.54, 1.807) is 18.2 Å². The van der Waals surface area contributed by atoms with Crippen molar-refractivity contribution in [3.63, 3.8) is 0 Å². The van der Waals surface area contributed by atoms with Crippen molar-refractivity contribution in [2.24, 2.45) is 0 Å². The highest BCUT2D eigenvalue weighted by molar-refractivity contribution is 8.00. The molecule has 0 aliphatic rings. The van der Waals surface area contributed by atoms with E-state index in [2.05, 4.69) is 17.1 Å². The summed E-state index contributed by atoms with van der Waals surface area (Å²) in [5.74, 6) is 0.935. The monoisotopic (exact) mass is 472 g/mol. The first-order valence-electron chi connectivity index (χ1n) is 10.4. The number of carbonyl (C=O) groups excluding carboxylic acids is 1. The van der Waals surface area contributed by atoms with Crippen LogP contribution in [0.2, 0.25) is 0 Å².